The van der Waals surface area contributed by atoms with E-state index in [0.717, 1.165) is 31.5 Å². The number of carboxylic acids is 1. The zero-order chi connectivity index (χ0) is 18.9. The molecular formula is C16H21F3N2O4. The molecule has 1 fully saturated rings. The summed E-state index contributed by atoms with van der Waals surface area (Å²) in [6.45, 7) is 4.02. The van der Waals surface area contributed by atoms with Gasteiger partial charge in [0.25, 0.3) is 0 Å². The van der Waals surface area contributed by atoms with Crippen molar-refractivity contribution in [3.05, 3.63) is 35.9 Å². The van der Waals surface area contributed by atoms with E-state index in [9.17, 15) is 18.0 Å². The Morgan fingerprint density at radius 1 is 1.24 bits per heavy atom. The fraction of sp³-hybridized carbons (Fsp3) is 0.500. The lowest BCUT2D eigenvalue weighted by atomic mass is 9.81. The molecule has 2 rings (SSSR count). The maximum Gasteiger partial charge on any atom is 0.490 e. The third-order valence-electron chi connectivity index (χ3n) is 3.64. The summed E-state index contributed by atoms with van der Waals surface area (Å²) in [5, 5.41) is 13.5. The molecule has 140 valence electrons. The van der Waals surface area contributed by atoms with E-state index in [1.807, 2.05) is 25.1 Å². The number of halogens is 3. The van der Waals surface area contributed by atoms with E-state index in [2.05, 4.69) is 22.8 Å². The molecule has 1 aliphatic heterocycles. The molecule has 0 spiro atoms. The predicted octanol–water partition coefficient (Wildman–Crippen LogP) is 2.64. The summed E-state index contributed by atoms with van der Waals surface area (Å²) in [4.78, 5) is 20.6. The molecule has 0 atom stereocenters. The molecule has 1 aromatic rings. The average Bonchev–Trinajstić information content (AvgIpc) is 2.56. The first-order chi connectivity index (χ1) is 11.7. The molecule has 1 aliphatic rings. The average molecular weight is 362 g/mol. The van der Waals surface area contributed by atoms with Crippen LogP contribution in [0.25, 0.3) is 0 Å². The highest BCUT2D eigenvalue weighted by atomic mass is 19.4. The molecule has 6 nitrogen and oxygen atoms in total. The van der Waals surface area contributed by atoms with Gasteiger partial charge in [-0.2, -0.15) is 13.2 Å². The van der Waals surface area contributed by atoms with Crippen molar-refractivity contribution in [3.63, 3.8) is 0 Å². The molecule has 9 heteroatoms. The Bertz CT molecular complexity index is 558. The van der Waals surface area contributed by atoms with E-state index in [1.54, 1.807) is 0 Å². The van der Waals surface area contributed by atoms with Gasteiger partial charge in [-0.3, -0.25) is 0 Å². The largest absolute Gasteiger partial charge is 0.490 e. The first-order valence-electron chi connectivity index (χ1n) is 7.72. The van der Waals surface area contributed by atoms with Crippen LogP contribution >= 0.6 is 0 Å². The SMILES string of the molecule is CCOC(=O)NC1(c2ccccc2)CCNCC1.O=C(O)C(F)(F)F. The lowest BCUT2D eigenvalue weighted by molar-refractivity contribution is -0.192. The molecule has 0 bridgehead atoms. The summed E-state index contributed by atoms with van der Waals surface area (Å²) in [6, 6.07) is 10.1. The number of ether oxygens (including phenoxy) is 1. The minimum atomic E-state index is -5.08. The van der Waals surface area contributed by atoms with Gasteiger partial charge in [-0.1, -0.05) is 30.3 Å². The molecule has 1 heterocycles. The van der Waals surface area contributed by atoms with Crippen LogP contribution in [-0.2, 0) is 15.1 Å². The molecule has 25 heavy (non-hydrogen) atoms. The fourth-order valence-corrected chi connectivity index (χ4v) is 2.46. The summed E-state index contributed by atoms with van der Waals surface area (Å²) in [6.07, 6.45) is -3.64. The number of hydrogen-bond donors (Lipinski definition) is 3. The number of hydrogen-bond acceptors (Lipinski definition) is 4. The van der Waals surface area contributed by atoms with Crippen LogP contribution in [0.4, 0.5) is 18.0 Å². The lowest BCUT2D eigenvalue weighted by Crippen LogP contribution is -2.52. The van der Waals surface area contributed by atoms with Crippen LogP contribution in [0.15, 0.2) is 30.3 Å². The quantitative estimate of drug-likeness (QED) is 0.769. The van der Waals surface area contributed by atoms with Crippen LogP contribution in [0, 0.1) is 0 Å². The summed E-state index contributed by atoms with van der Waals surface area (Å²) in [7, 11) is 0. The molecule has 0 saturated carbocycles. The number of alkyl carbamates (subject to hydrolysis) is 1. The Labute approximate surface area is 143 Å². The van der Waals surface area contributed by atoms with E-state index >= 15 is 0 Å². The lowest BCUT2D eigenvalue weighted by Gasteiger charge is -2.38. The van der Waals surface area contributed by atoms with Gasteiger partial charge in [-0.05, 0) is 38.4 Å². The van der Waals surface area contributed by atoms with Crippen molar-refractivity contribution in [2.45, 2.75) is 31.5 Å². The topological polar surface area (TPSA) is 87.7 Å². The summed E-state index contributed by atoms with van der Waals surface area (Å²) >= 11 is 0. The number of carbonyl (C=O) groups excluding carboxylic acids is 1. The molecule has 1 amide bonds. The number of carboxylic acid groups (broad SMARTS) is 1. The third kappa shape index (κ3) is 6.61. The minimum absolute atomic E-state index is 0.293. The maximum atomic E-state index is 11.7. The van der Waals surface area contributed by atoms with Crippen molar-refractivity contribution in [3.8, 4) is 0 Å². The molecule has 0 radical (unpaired) electrons. The van der Waals surface area contributed by atoms with Crippen molar-refractivity contribution >= 4 is 12.1 Å². The van der Waals surface area contributed by atoms with Gasteiger partial charge < -0.3 is 20.5 Å². The summed E-state index contributed by atoms with van der Waals surface area (Å²) in [5.41, 5.74) is 0.859. The highest BCUT2D eigenvalue weighted by Crippen LogP contribution is 2.30. The predicted molar refractivity (Wildman–Crippen MR) is 84.1 cm³/mol. The Balaban J connectivity index is 0.000000381. The second-order valence-corrected chi connectivity index (χ2v) is 5.35. The molecule has 1 aromatic carbocycles. The number of piperidine rings is 1. The molecule has 0 aromatic heterocycles. The first kappa shape index (κ1) is 20.8. The number of benzene rings is 1. The van der Waals surface area contributed by atoms with Gasteiger partial charge >= 0.3 is 18.2 Å². The maximum absolute atomic E-state index is 11.7. The number of nitrogens with one attached hydrogen (secondary N) is 2. The van der Waals surface area contributed by atoms with E-state index in [1.165, 1.54) is 0 Å². The highest BCUT2D eigenvalue weighted by molar-refractivity contribution is 5.73. The molecule has 0 aliphatic carbocycles. The van der Waals surface area contributed by atoms with Crippen LogP contribution in [0.1, 0.15) is 25.3 Å². The van der Waals surface area contributed by atoms with Crippen molar-refractivity contribution < 1.29 is 32.6 Å². The van der Waals surface area contributed by atoms with Crippen molar-refractivity contribution in [1.82, 2.24) is 10.6 Å². The van der Waals surface area contributed by atoms with E-state index < -0.39 is 12.1 Å². The van der Waals surface area contributed by atoms with Gasteiger partial charge in [0, 0.05) is 0 Å². The van der Waals surface area contributed by atoms with E-state index in [4.69, 9.17) is 14.6 Å². The second-order valence-electron chi connectivity index (χ2n) is 5.35. The Hall–Kier alpha value is -2.29. The molecule has 1 saturated heterocycles. The number of amides is 1. The summed E-state index contributed by atoms with van der Waals surface area (Å²) < 4.78 is 36.8. The van der Waals surface area contributed by atoms with Crippen LogP contribution in [0.2, 0.25) is 0 Å². The number of aliphatic carboxylic acids is 1. The van der Waals surface area contributed by atoms with Gasteiger partial charge in [-0.25, -0.2) is 9.59 Å². The van der Waals surface area contributed by atoms with Crippen LogP contribution in [-0.4, -0.2) is 43.0 Å². The van der Waals surface area contributed by atoms with Crippen molar-refractivity contribution in [1.29, 1.82) is 0 Å². The Morgan fingerprint density at radius 2 is 1.76 bits per heavy atom. The summed E-state index contributed by atoms with van der Waals surface area (Å²) in [5.74, 6) is -2.76. The highest BCUT2D eigenvalue weighted by Gasteiger charge is 2.38. The molecule has 0 unspecified atom stereocenters. The van der Waals surface area contributed by atoms with Crippen molar-refractivity contribution in [2.24, 2.45) is 0 Å². The molecular weight excluding hydrogens is 341 g/mol. The van der Waals surface area contributed by atoms with Gasteiger partial charge in [0.1, 0.15) is 0 Å². The Morgan fingerprint density at radius 3 is 2.20 bits per heavy atom. The standard InChI is InChI=1S/C14H20N2O2.C2HF3O2/c1-2-18-13(17)16-14(8-10-15-11-9-14)12-6-4-3-5-7-12;3-2(4,5)1(6)7/h3-7,15H,2,8-11H2,1H3,(H,16,17);(H,6,7). The normalized spacial score (nSPS) is 16.2. The van der Waals surface area contributed by atoms with Gasteiger partial charge in [0.05, 0.1) is 12.1 Å². The number of rotatable bonds is 3. The second kappa shape index (κ2) is 9.26. The van der Waals surface area contributed by atoms with Gasteiger partial charge in [0.15, 0.2) is 0 Å². The van der Waals surface area contributed by atoms with Gasteiger partial charge in [0.2, 0.25) is 0 Å². The zero-order valence-corrected chi connectivity index (χ0v) is 13.7. The van der Waals surface area contributed by atoms with Crippen LogP contribution in [0.3, 0.4) is 0 Å². The number of alkyl halides is 3. The first-order valence-corrected chi connectivity index (χ1v) is 7.72. The van der Waals surface area contributed by atoms with E-state index in [0.29, 0.717) is 6.61 Å². The van der Waals surface area contributed by atoms with Crippen LogP contribution < -0.4 is 10.6 Å². The smallest absolute Gasteiger partial charge is 0.475 e. The van der Waals surface area contributed by atoms with E-state index in [-0.39, 0.29) is 11.6 Å². The third-order valence-corrected chi connectivity index (χ3v) is 3.64. The fourth-order valence-electron chi connectivity index (χ4n) is 2.46. The minimum Gasteiger partial charge on any atom is -0.475 e. The van der Waals surface area contributed by atoms with Gasteiger partial charge in [-0.15, -0.1) is 0 Å². The van der Waals surface area contributed by atoms with Crippen LogP contribution in [0.5, 0.6) is 0 Å². The Kier molecular flexibility index (Phi) is 7.69. The number of carbonyl (C=O) groups is 2. The monoisotopic (exact) mass is 362 g/mol. The zero-order valence-electron chi connectivity index (χ0n) is 13.7. The molecule has 3 N–H and O–H groups in total. The van der Waals surface area contributed by atoms with Crippen molar-refractivity contribution in [2.75, 3.05) is 19.7 Å².